The minimum absolute atomic E-state index is 0.213. The number of hydrogen-bond donors (Lipinski definition) is 0. The van der Waals surface area contributed by atoms with Crippen LogP contribution in [0.2, 0.25) is 0 Å². The summed E-state index contributed by atoms with van der Waals surface area (Å²) in [7, 11) is 0. The number of thioether (sulfide) groups is 1. The van der Waals surface area contributed by atoms with Crippen molar-refractivity contribution in [1.82, 2.24) is 0 Å². The van der Waals surface area contributed by atoms with E-state index in [1.54, 1.807) is 11.8 Å². The van der Waals surface area contributed by atoms with Gasteiger partial charge in [0, 0.05) is 5.75 Å². The molecule has 1 aliphatic carbocycles. The summed E-state index contributed by atoms with van der Waals surface area (Å²) in [6, 6.07) is 0. The SMILES string of the molecule is CCOC(=O)C1=CC2=CSCC2=C1. The van der Waals surface area contributed by atoms with Crippen LogP contribution in [0.15, 0.2) is 34.3 Å². The second kappa shape index (κ2) is 3.42. The fourth-order valence-electron chi connectivity index (χ4n) is 1.36. The van der Waals surface area contributed by atoms with Gasteiger partial charge in [0.1, 0.15) is 0 Å². The molecular weight excluding hydrogens is 184 g/mol. The molecule has 0 atom stereocenters. The third kappa shape index (κ3) is 1.56. The lowest BCUT2D eigenvalue weighted by molar-refractivity contribution is -0.138. The molecule has 0 fully saturated rings. The third-order valence-electron chi connectivity index (χ3n) is 1.97. The molecule has 2 nitrogen and oxygen atoms in total. The summed E-state index contributed by atoms with van der Waals surface area (Å²) in [6.45, 7) is 2.25. The molecule has 0 radical (unpaired) electrons. The van der Waals surface area contributed by atoms with E-state index in [4.69, 9.17) is 4.74 Å². The van der Waals surface area contributed by atoms with Gasteiger partial charge in [0.2, 0.25) is 0 Å². The predicted octanol–water partition coefficient (Wildman–Crippen LogP) is 2.05. The second-order valence-electron chi connectivity index (χ2n) is 2.87. The fraction of sp³-hybridized carbons (Fsp3) is 0.300. The van der Waals surface area contributed by atoms with Gasteiger partial charge < -0.3 is 4.74 Å². The zero-order valence-corrected chi connectivity index (χ0v) is 8.19. The van der Waals surface area contributed by atoms with Gasteiger partial charge in [0.15, 0.2) is 0 Å². The summed E-state index contributed by atoms with van der Waals surface area (Å²) >= 11 is 1.77. The van der Waals surface area contributed by atoms with Crippen molar-refractivity contribution in [1.29, 1.82) is 0 Å². The van der Waals surface area contributed by atoms with E-state index in [9.17, 15) is 4.79 Å². The molecule has 0 aromatic rings. The van der Waals surface area contributed by atoms with Gasteiger partial charge in [-0.1, -0.05) is 0 Å². The molecule has 13 heavy (non-hydrogen) atoms. The summed E-state index contributed by atoms with van der Waals surface area (Å²) < 4.78 is 4.91. The van der Waals surface area contributed by atoms with E-state index >= 15 is 0 Å². The van der Waals surface area contributed by atoms with Gasteiger partial charge in [-0.25, -0.2) is 4.79 Å². The summed E-state index contributed by atoms with van der Waals surface area (Å²) in [5, 5.41) is 2.08. The maximum Gasteiger partial charge on any atom is 0.338 e. The van der Waals surface area contributed by atoms with E-state index in [0.717, 1.165) is 5.75 Å². The topological polar surface area (TPSA) is 26.3 Å². The molecule has 1 aliphatic heterocycles. The lowest BCUT2D eigenvalue weighted by Crippen LogP contribution is -2.04. The van der Waals surface area contributed by atoms with E-state index in [0.29, 0.717) is 12.2 Å². The average Bonchev–Trinajstić information content (AvgIpc) is 2.61. The Balaban J connectivity index is 2.16. The molecule has 0 aromatic carbocycles. The molecule has 68 valence electrons. The monoisotopic (exact) mass is 194 g/mol. The van der Waals surface area contributed by atoms with E-state index in [2.05, 4.69) is 5.41 Å². The Morgan fingerprint density at radius 1 is 1.62 bits per heavy atom. The number of ether oxygens (including phenoxy) is 1. The van der Waals surface area contributed by atoms with Crippen molar-refractivity contribution >= 4 is 17.7 Å². The highest BCUT2D eigenvalue weighted by Gasteiger charge is 2.20. The van der Waals surface area contributed by atoms with Crippen molar-refractivity contribution in [2.24, 2.45) is 0 Å². The molecular formula is C10H10O2S. The van der Waals surface area contributed by atoms with Gasteiger partial charge in [0.25, 0.3) is 0 Å². The minimum atomic E-state index is -0.213. The highest BCUT2D eigenvalue weighted by Crippen LogP contribution is 2.34. The zero-order chi connectivity index (χ0) is 9.26. The highest BCUT2D eigenvalue weighted by atomic mass is 32.2. The molecule has 0 amide bonds. The minimum Gasteiger partial charge on any atom is -0.462 e. The van der Waals surface area contributed by atoms with Crippen LogP contribution < -0.4 is 0 Å². The molecule has 0 bridgehead atoms. The first-order chi connectivity index (χ1) is 6.31. The van der Waals surface area contributed by atoms with Crippen molar-refractivity contribution in [3.05, 3.63) is 34.3 Å². The molecule has 0 unspecified atom stereocenters. The van der Waals surface area contributed by atoms with Crippen molar-refractivity contribution in [2.45, 2.75) is 6.92 Å². The Kier molecular flexibility index (Phi) is 2.27. The van der Waals surface area contributed by atoms with Crippen molar-refractivity contribution in [3.63, 3.8) is 0 Å². The predicted molar refractivity (Wildman–Crippen MR) is 53.3 cm³/mol. The number of rotatable bonds is 2. The summed E-state index contributed by atoms with van der Waals surface area (Å²) in [4.78, 5) is 11.3. The van der Waals surface area contributed by atoms with Crippen LogP contribution in [-0.2, 0) is 9.53 Å². The smallest absolute Gasteiger partial charge is 0.338 e. The van der Waals surface area contributed by atoms with Crippen LogP contribution in [0.5, 0.6) is 0 Å². The third-order valence-corrected chi connectivity index (χ3v) is 2.87. The Hall–Kier alpha value is -0.960. The number of carbonyl (C=O) groups is 1. The molecule has 2 rings (SSSR count). The van der Waals surface area contributed by atoms with Gasteiger partial charge in [0.05, 0.1) is 12.2 Å². The second-order valence-corrected chi connectivity index (χ2v) is 3.73. The Morgan fingerprint density at radius 3 is 3.15 bits per heavy atom. The van der Waals surface area contributed by atoms with Crippen LogP contribution in [0.25, 0.3) is 0 Å². The summed E-state index contributed by atoms with van der Waals surface area (Å²) in [5.41, 5.74) is 3.10. The Morgan fingerprint density at radius 2 is 2.46 bits per heavy atom. The van der Waals surface area contributed by atoms with Gasteiger partial charge in [-0.05, 0) is 35.6 Å². The van der Waals surface area contributed by atoms with Crippen LogP contribution in [-0.4, -0.2) is 18.3 Å². The maximum atomic E-state index is 11.3. The van der Waals surface area contributed by atoms with Gasteiger partial charge >= 0.3 is 5.97 Å². The van der Waals surface area contributed by atoms with E-state index in [1.807, 2.05) is 19.1 Å². The number of hydrogen-bond acceptors (Lipinski definition) is 3. The van der Waals surface area contributed by atoms with Gasteiger partial charge in [-0.15, -0.1) is 11.8 Å². The van der Waals surface area contributed by atoms with Crippen molar-refractivity contribution in [3.8, 4) is 0 Å². The van der Waals surface area contributed by atoms with Crippen LogP contribution in [0, 0.1) is 0 Å². The van der Waals surface area contributed by atoms with Crippen LogP contribution in [0.1, 0.15) is 6.92 Å². The Bertz CT molecular complexity index is 337. The first kappa shape index (κ1) is 8.63. The van der Waals surface area contributed by atoms with Gasteiger partial charge in [-0.2, -0.15) is 0 Å². The molecule has 0 N–H and O–H groups in total. The average molecular weight is 194 g/mol. The lowest BCUT2D eigenvalue weighted by atomic mass is 10.2. The number of esters is 1. The van der Waals surface area contributed by atoms with Crippen molar-refractivity contribution in [2.75, 3.05) is 12.4 Å². The standard InChI is InChI=1S/C10H10O2S/c1-2-12-10(11)7-3-8-5-13-6-9(8)4-7/h3-5H,2,6H2,1H3. The van der Waals surface area contributed by atoms with Crippen LogP contribution in [0.3, 0.4) is 0 Å². The number of carbonyl (C=O) groups excluding carboxylic acids is 1. The maximum absolute atomic E-state index is 11.3. The molecule has 1 heterocycles. The molecule has 0 saturated heterocycles. The first-order valence-electron chi connectivity index (χ1n) is 4.23. The van der Waals surface area contributed by atoms with Gasteiger partial charge in [-0.3, -0.25) is 0 Å². The zero-order valence-electron chi connectivity index (χ0n) is 7.37. The quantitative estimate of drug-likeness (QED) is 0.629. The fourth-order valence-corrected chi connectivity index (χ4v) is 2.27. The van der Waals surface area contributed by atoms with Crippen LogP contribution in [0.4, 0.5) is 0 Å². The number of fused-ring (bicyclic) bond motifs is 1. The number of allylic oxidation sites excluding steroid dienone is 2. The highest BCUT2D eigenvalue weighted by molar-refractivity contribution is 8.02. The molecule has 3 heteroatoms. The molecule has 0 saturated carbocycles. The normalized spacial score (nSPS) is 19.0. The molecule has 0 spiro atoms. The van der Waals surface area contributed by atoms with E-state index < -0.39 is 0 Å². The van der Waals surface area contributed by atoms with E-state index in [-0.39, 0.29) is 5.97 Å². The molecule has 0 aromatic heterocycles. The van der Waals surface area contributed by atoms with Crippen LogP contribution >= 0.6 is 11.8 Å². The van der Waals surface area contributed by atoms with Crippen molar-refractivity contribution < 1.29 is 9.53 Å². The largest absolute Gasteiger partial charge is 0.462 e. The van der Waals surface area contributed by atoms with E-state index in [1.165, 1.54) is 11.1 Å². The lowest BCUT2D eigenvalue weighted by Gasteiger charge is -1.98. The summed E-state index contributed by atoms with van der Waals surface area (Å²) in [6.07, 6.45) is 3.82. The summed E-state index contributed by atoms with van der Waals surface area (Å²) in [5.74, 6) is 0.768. The first-order valence-corrected chi connectivity index (χ1v) is 5.27. The molecule has 2 aliphatic rings. The Labute approximate surface area is 81.3 Å².